The highest BCUT2D eigenvalue weighted by Gasteiger charge is 2.28. The fourth-order valence-electron chi connectivity index (χ4n) is 3.03. The first-order chi connectivity index (χ1) is 10.2. The summed E-state index contributed by atoms with van der Waals surface area (Å²) >= 11 is 0. The van der Waals surface area contributed by atoms with Crippen molar-refractivity contribution in [2.45, 2.75) is 32.7 Å². The quantitative estimate of drug-likeness (QED) is 0.872. The van der Waals surface area contributed by atoms with Crippen LogP contribution in [0.4, 0.5) is 5.82 Å². The van der Waals surface area contributed by atoms with Gasteiger partial charge in [0.15, 0.2) is 0 Å². The molecule has 2 heterocycles. The van der Waals surface area contributed by atoms with E-state index in [9.17, 15) is 4.79 Å². The van der Waals surface area contributed by atoms with Crippen LogP contribution in [0, 0.1) is 0 Å². The standard InChI is InChI=1S/C16H26N4O/c1-4-19(5-2)16(21)12-20-10-6-7-14(20)13-8-9-18-15(11-13)17-3/h8-9,11,14H,4-7,10,12H2,1-3H3,(H,17,18). The molecule has 1 fully saturated rings. The lowest BCUT2D eigenvalue weighted by Crippen LogP contribution is -2.40. The molecule has 21 heavy (non-hydrogen) atoms. The van der Waals surface area contributed by atoms with Gasteiger partial charge in [0.1, 0.15) is 5.82 Å². The summed E-state index contributed by atoms with van der Waals surface area (Å²) in [6.45, 7) is 7.15. The summed E-state index contributed by atoms with van der Waals surface area (Å²) in [5, 5.41) is 3.08. The van der Waals surface area contributed by atoms with E-state index in [0.717, 1.165) is 38.3 Å². The second-order valence-corrected chi connectivity index (χ2v) is 5.42. The van der Waals surface area contributed by atoms with Crippen LogP contribution in [0.15, 0.2) is 18.3 Å². The predicted octanol–water partition coefficient (Wildman–Crippen LogP) is 2.13. The Hall–Kier alpha value is -1.62. The molecule has 1 aromatic heterocycles. The smallest absolute Gasteiger partial charge is 0.236 e. The van der Waals surface area contributed by atoms with Crippen LogP contribution in [-0.4, -0.2) is 53.9 Å². The zero-order valence-electron chi connectivity index (χ0n) is 13.3. The van der Waals surface area contributed by atoms with Crippen molar-refractivity contribution in [3.8, 4) is 0 Å². The highest BCUT2D eigenvalue weighted by molar-refractivity contribution is 5.78. The first-order valence-corrected chi connectivity index (χ1v) is 7.85. The number of carbonyl (C=O) groups is 1. The van der Waals surface area contributed by atoms with E-state index in [0.29, 0.717) is 12.6 Å². The van der Waals surface area contributed by atoms with Crippen LogP contribution in [0.1, 0.15) is 38.3 Å². The Balaban J connectivity index is 2.07. The monoisotopic (exact) mass is 290 g/mol. The summed E-state index contributed by atoms with van der Waals surface area (Å²) in [6.07, 6.45) is 4.09. The maximum Gasteiger partial charge on any atom is 0.236 e. The molecule has 1 saturated heterocycles. The molecular weight excluding hydrogens is 264 g/mol. The van der Waals surface area contributed by atoms with E-state index >= 15 is 0 Å². The molecule has 1 N–H and O–H groups in total. The Labute approximate surface area is 127 Å². The number of amides is 1. The van der Waals surface area contributed by atoms with E-state index in [1.807, 2.05) is 32.0 Å². The molecule has 1 aliphatic rings. The molecular formula is C16H26N4O. The van der Waals surface area contributed by atoms with E-state index < -0.39 is 0 Å². The van der Waals surface area contributed by atoms with Crippen molar-refractivity contribution in [2.75, 3.05) is 38.5 Å². The van der Waals surface area contributed by atoms with Gasteiger partial charge in [0.2, 0.25) is 5.91 Å². The van der Waals surface area contributed by atoms with E-state index in [1.54, 1.807) is 0 Å². The van der Waals surface area contributed by atoms with Gasteiger partial charge in [-0.25, -0.2) is 4.98 Å². The molecule has 2 rings (SSSR count). The molecule has 0 aliphatic carbocycles. The van der Waals surface area contributed by atoms with Crippen molar-refractivity contribution in [1.82, 2.24) is 14.8 Å². The zero-order valence-corrected chi connectivity index (χ0v) is 13.3. The van der Waals surface area contributed by atoms with Crippen LogP contribution in [0.2, 0.25) is 0 Å². The van der Waals surface area contributed by atoms with Gasteiger partial charge in [-0.05, 0) is 50.9 Å². The fraction of sp³-hybridized carbons (Fsp3) is 0.625. The highest BCUT2D eigenvalue weighted by Crippen LogP contribution is 2.32. The number of rotatable bonds is 6. The Morgan fingerprint density at radius 1 is 1.48 bits per heavy atom. The number of likely N-dealkylation sites (N-methyl/N-ethyl adjacent to an activating group) is 1. The Morgan fingerprint density at radius 3 is 2.90 bits per heavy atom. The van der Waals surface area contributed by atoms with Gasteiger partial charge in [-0.15, -0.1) is 0 Å². The molecule has 1 aliphatic heterocycles. The van der Waals surface area contributed by atoms with Crippen LogP contribution in [0.25, 0.3) is 0 Å². The lowest BCUT2D eigenvalue weighted by Gasteiger charge is -2.27. The fourth-order valence-corrected chi connectivity index (χ4v) is 3.03. The number of pyridine rings is 1. The molecule has 0 saturated carbocycles. The average molecular weight is 290 g/mol. The van der Waals surface area contributed by atoms with Crippen LogP contribution < -0.4 is 5.32 Å². The second kappa shape index (κ2) is 7.41. The zero-order chi connectivity index (χ0) is 15.2. The molecule has 0 aromatic carbocycles. The maximum atomic E-state index is 12.3. The summed E-state index contributed by atoms with van der Waals surface area (Å²) in [4.78, 5) is 20.8. The number of nitrogens with zero attached hydrogens (tertiary/aromatic N) is 3. The molecule has 1 amide bonds. The molecule has 116 valence electrons. The minimum Gasteiger partial charge on any atom is -0.373 e. The van der Waals surface area contributed by atoms with Crippen LogP contribution in [0.5, 0.6) is 0 Å². The summed E-state index contributed by atoms with van der Waals surface area (Å²) in [7, 11) is 1.88. The molecule has 5 nitrogen and oxygen atoms in total. The number of anilines is 1. The summed E-state index contributed by atoms with van der Waals surface area (Å²) in [6, 6.07) is 4.48. The van der Waals surface area contributed by atoms with Gasteiger partial charge in [0.25, 0.3) is 0 Å². The summed E-state index contributed by atoms with van der Waals surface area (Å²) in [5.41, 5.74) is 1.25. The van der Waals surface area contributed by atoms with Gasteiger partial charge in [-0.3, -0.25) is 9.69 Å². The molecule has 0 radical (unpaired) electrons. The number of likely N-dealkylation sites (tertiary alicyclic amines) is 1. The van der Waals surface area contributed by atoms with Crippen molar-refractivity contribution in [3.05, 3.63) is 23.9 Å². The Morgan fingerprint density at radius 2 is 2.24 bits per heavy atom. The van der Waals surface area contributed by atoms with Crippen LogP contribution in [0.3, 0.4) is 0 Å². The minimum absolute atomic E-state index is 0.231. The normalized spacial score (nSPS) is 18.7. The average Bonchev–Trinajstić information content (AvgIpc) is 2.96. The topological polar surface area (TPSA) is 48.5 Å². The third-order valence-corrected chi connectivity index (χ3v) is 4.24. The largest absolute Gasteiger partial charge is 0.373 e. The predicted molar refractivity (Wildman–Crippen MR) is 85.3 cm³/mol. The molecule has 5 heteroatoms. The first kappa shape index (κ1) is 15.8. The third-order valence-electron chi connectivity index (χ3n) is 4.24. The van der Waals surface area contributed by atoms with Crippen LogP contribution >= 0.6 is 0 Å². The molecule has 1 aromatic rings. The van der Waals surface area contributed by atoms with Gasteiger partial charge < -0.3 is 10.2 Å². The number of carbonyl (C=O) groups excluding carboxylic acids is 1. The molecule has 0 bridgehead atoms. The van der Waals surface area contributed by atoms with Crippen molar-refractivity contribution in [2.24, 2.45) is 0 Å². The summed E-state index contributed by atoms with van der Waals surface area (Å²) in [5.74, 6) is 1.12. The van der Waals surface area contributed by atoms with Gasteiger partial charge in [0, 0.05) is 32.4 Å². The first-order valence-electron chi connectivity index (χ1n) is 7.85. The van der Waals surface area contributed by atoms with Gasteiger partial charge in [-0.1, -0.05) is 0 Å². The lowest BCUT2D eigenvalue weighted by molar-refractivity contribution is -0.132. The Bertz CT molecular complexity index is 473. The van der Waals surface area contributed by atoms with Crippen molar-refractivity contribution in [1.29, 1.82) is 0 Å². The van der Waals surface area contributed by atoms with E-state index in [4.69, 9.17) is 0 Å². The van der Waals surface area contributed by atoms with Crippen LogP contribution in [-0.2, 0) is 4.79 Å². The van der Waals surface area contributed by atoms with Crippen molar-refractivity contribution < 1.29 is 4.79 Å². The van der Waals surface area contributed by atoms with E-state index in [-0.39, 0.29) is 5.91 Å². The Kier molecular flexibility index (Phi) is 5.56. The van der Waals surface area contributed by atoms with Crippen molar-refractivity contribution in [3.63, 3.8) is 0 Å². The second-order valence-electron chi connectivity index (χ2n) is 5.42. The minimum atomic E-state index is 0.231. The number of hydrogen-bond acceptors (Lipinski definition) is 4. The lowest BCUT2D eigenvalue weighted by atomic mass is 10.1. The molecule has 1 unspecified atom stereocenters. The number of aromatic nitrogens is 1. The SMILES string of the molecule is CCN(CC)C(=O)CN1CCCC1c1ccnc(NC)c1. The third kappa shape index (κ3) is 3.73. The van der Waals surface area contributed by atoms with E-state index in [2.05, 4.69) is 27.3 Å². The molecule has 1 atom stereocenters. The molecule has 0 spiro atoms. The van der Waals surface area contributed by atoms with Gasteiger partial charge in [-0.2, -0.15) is 0 Å². The van der Waals surface area contributed by atoms with E-state index in [1.165, 1.54) is 5.56 Å². The maximum absolute atomic E-state index is 12.3. The number of hydrogen-bond donors (Lipinski definition) is 1. The summed E-state index contributed by atoms with van der Waals surface area (Å²) < 4.78 is 0. The number of nitrogens with one attached hydrogen (secondary N) is 1. The van der Waals surface area contributed by atoms with Crippen molar-refractivity contribution >= 4 is 11.7 Å². The van der Waals surface area contributed by atoms with Gasteiger partial charge >= 0.3 is 0 Å². The highest BCUT2D eigenvalue weighted by atomic mass is 16.2. The van der Waals surface area contributed by atoms with Gasteiger partial charge in [0.05, 0.1) is 6.54 Å².